The number of carbonyl (C=O) groups excluding carboxylic acids is 3. The smallest absolute Gasteiger partial charge is 0.308 e. The fourth-order valence-electron chi connectivity index (χ4n) is 3.82. The molecule has 0 aliphatic carbocycles. The molecule has 0 bridgehead atoms. The summed E-state index contributed by atoms with van der Waals surface area (Å²) in [5.41, 5.74) is 1.84. The highest BCUT2D eigenvalue weighted by atomic mass is 16.6. The van der Waals surface area contributed by atoms with Gasteiger partial charge in [0.15, 0.2) is 23.0 Å². The second-order valence-corrected chi connectivity index (χ2v) is 7.86. The van der Waals surface area contributed by atoms with Gasteiger partial charge in [0.2, 0.25) is 5.75 Å². The van der Waals surface area contributed by atoms with Crippen LogP contribution in [-0.2, 0) is 14.4 Å². The Morgan fingerprint density at radius 2 is 1.50 bits per heavy atom. The summed E-state index contributed by atoms with van der Waals surface area (Å²) in [6.45, 7) is 1.62. The van der Waals surface area contributed by atoms with Crippen molar-refractivity contribution in [3.63, 3.8) is 0 Å². The van der Waals surface area contributed by atoms with Crippen molar-refractivity contribution in [1.82, 2.24) is 4.90 Å². The summed E-state index contributed by atoms with van der Waals surface area (Å²) < 4.78 is 26.5. The zero-order valence-corrected chi connectivity index (χ0v) is 21.0. The van der Waals surface area contributed by atoms with Crippen LogP contribution in [-0.4, -0.2) is 57.7 Å². The van der Waals surface area contributed by atoms with Gasteiger partial charge in [-0.25, -0.2) is 0 Å². The summed E-state index contributed by atoms with van der Waals surface area (Å²) in [6, 6.07) is 8.38. The summed E-state index contributed by atoms with van der Waals surface area (Å²) >= 11 is 0. The maximum absolute atomic E-state index is 13.1. The molecule has 1 heterocycles. The Labute approximate surface area is 209 Å². The molecular weight excluding hydrogens is 466 g/mol. The number of piperidine rings is 1. The van der Waals surface area contributed by atoms with Gasteiger partial charge in [0.1, 0.15) is 0 Å². The van der Waals surface area contributed by atoms with E-state index >= 15 is 0 Å². The average Bonchev–Trinajstić information content (AvgIpc) is 2.88. The maximum Gasteiger partial charge on any atom is 0.308 e. The number of likely N-dealkylation sites (tertiary alicyclic amines) is 1. The lowest BCUT2D eigenvalue weighted by Crippen LogP contribution is -2.40. The van der Waals surface area contributed by atoms with Gasteiger partial charge in [-0.2, -0.15) is 0 Å². The van der Waals surface area contributed by atoms with E-state index in [0.29, 0.717) is 59.1 Å². The monoisotopic (exact) mass is 495 g/mol. The highest BCUT2D eigenvalue weighted by Crippen LogP contribution is 2.39. The molecule has 1 aliphatic heterocycles. The Bertz CT molecular complexity index is 1190. The number of benzene rings is 2. The van der Waals surface area contributed by atoms with Gasteiger partial charge >= 0.3 is 5.97 Å². The lowest BCUT2D eigenvalue weighted by Gasteiger charge is -2.26. The number of nitrogens with zero attached hydrogens (tertiary/aromatic N) is 1. The van der Waals surface area contributed by atoms with Gasteiger partial charge in [-0.05, 0) is 60.4 Å². The number of rotatable bonds is 8. The van der Waals surface area contributed by atoms with Crippen molar-refractivity contribution in [2.24, 2.45) is 0 Å². The number of esters is 1. The van der Waals surface area contributed by atoms with Crippen molar-refractivity contribution in [2.45, 2.75) is 19.8 Å². The van der Waals surface area contributed by atoms with Crippen LogP contribution in [0.15, 0.2) is 42.0 Å². The number of methoxy groups -OCH3 is 4. The molecule has 9 nitrogen and oxygen atoms in total. The number of carbonyl (C=O) groups is 3. The predicted molar refractivity (Wildman–Crippen MR) is 133 cm³/mol. The van der Waals surface area contributed by atoms with E-state index in [-0.39, 0.29) is 11.7 Å². The van der Waals surface area contributed by atoms with E-state index in [1.165, 1.54) is 46.3 Å². The second kappa shape index (κ2) is 11.9. The van der Waals surface area contributed by atoms with Crippen LogP contribution < -0.4 is 23.7 Å². The molecule has 0 spiro atoms. The standard InChI is InChI=1S/C27H29NO8/c1-17(29)36-21-10-8-18(14-22(21)32-2)9-11-25(30)28-12-6-7-20(27(28)31)13-19-15-23(33-3)26(35-5)24(16-19)34-4/h8-11,13-16H,6-7,12H2,1-5H3/b11-9+,20-13+. The number of hydrogen-bond donors (Lipinski definition) is 0. The van der Waals surface area contributed by atoms with Crippen LogP contribution in [0.3, 0.4) is 0 Å². The molecule has 2 aromatic carbocycles. The first kappa shape index (κ1) is 26.3. The molecule has 0 radical (unpaired) electrons. The first-order valence-corrected chi connectivity index (χ1v) is 11.2. The van der Waals surface area contributed by atoms with Crippen LogP contribution >= 0.6 is 0 Å². The molecule has 0 aromatic heterocycles. The van der Waals surface area contributed by atoms with E-state index in [4.69, 9.17) is 23.7 Å². The minimum absolute atomic E-state index is 0.279. The molecule has 0 unspecified atom stereocenters. The van der Waals surface area contributed by atoms with Gasteiger partial charge in [0.25, 0.3) is 11.8 Å². The minimum atomic E-state index is -0.467. The molecule has 1 fully saturated rings. The number of imide groups is 1. The van der Waals surface area contributed by atoms with E-state index < -0.39 is 11.9 Å². The largest absolute Gasteiger partial charge is 0.493 e. The van der Waals surface area contributed by atoms with Gasteiger partial charge in [-0.3, -0.25) is 19.3 Å². The normalized spacial score (nSPS) is 14.6. The van der Waals surface area contributed by atoms with Crippen LogP contribution in [0.25, 0.3) is 12.2 Å². The fourth-order valence-corrected chi connectivity index (χ4v) is 3.82. The zero-order valence-electron chi connectivity index (χ0n) is 21.0. The fraction of sp³-hybridized carbons (Fsp3) is 0.296. The molecule has 3 rings (SSSR count). The Morgan fingerprint density at radius 3 is 2.08 bits per heavy atom. The van der Waals surface area contributed by atoms with E-state index in [1.807, 2.05) is 0 Å². The Kier molecular flexibility index (Phi) is 8.72. The molecule has 0 N–H and O–H groups in total. The first-order chi connectivity index (χ1) is 17.3. The molecule has 0 atom stereocenters. The quantitative estimate of drug-likeness (QED) is 0.309. The third-order valence-electron chi connectivity index (χ3n) is 5.50. The van der Waals surface area contributed by atoms with Crippen LogP contribution in [0.4, 0.5) is 0 Å². The third kappa shape index (κ3) is 6.04. The molecule has 0 saturated carbocycles. The van der Waals surface area contributed by atoms with Crippen molar-refractivity contribution in [2.75, 3.05) is 35.0 Å². The average molecular weight is 496 g/mol. The van der Waals surface area contributed by atoms with Crippen LogP contribution in [0, 0.1) is 0 Å². The Morgan fingerprint density at radius 1 is 0.861 bits per heavy atom. The summed E-state index contributed by atoms with van der Waals surface area (Å²) in [4.78, 5) is 38.4. The summed E-state index contributed by atoms with van der Waals surface area (Å²) in [5.74, 6) is 0.773. The second-order valence-electron chi connectivity index (χ2n) is 7.86. The zero-order chi connectivity index (χ0) is 26.2. The van der Waals surface area contributed by atoms with Crippen molar-refractivity contribution in [3.05, 3.63) is 53.1 Å². The van der Waals surface area contributed by atoms with E-state index in [9.17, 15) is 14.4 Å². The van der Waals surface area contributed by atoms with E-state index in [2.05, 4.69) is 0 Å². The highest BCUT2D eigenvalue weighted by molar-refractivity contribution is 6.11. The summed E-state index contributed by atoms with van der Waals surface area (Å²) in [5, 5.41) is 0. The van der Waals surface area contributed by atoms with Crippen LogP contribution in [0.2, 0.25) is 0 Å². The molecule has 2 amide bonds. The summed E-state index contributed by atoms with van der Waals surface area (Å²) in [6.07, 6.45) is 5.83. The topological polar surface area (TPSA) is 101 Å². The lowest BCUT2D eigenvalue weighted by molar-refractivity contribution is -0.140. The van der Waals surface area contributed by atoms with Gasteiger partial charge in [-0.1, -0.05) is 6.07 Å². The number of ether oxygens (including phenoxy) is 5. The molecular formula is C27H29NO8. The van der Waals surface area contributed by atoms with E-state index in [1.54, 1.807) is 42.5 Å². The predicted octanol–water partition coefficient (Wildman–Crippen LogP) is 3.89. The molecule has 1 saturated heterocycles. The van der Waals surface area contributed by atoms with Crippen molar-refractivity contribution in [3.8, 4) is 28.7 Å². The van der Waals surface area contributed by atoms with Crippen molar-refractivity contribution < 1.29 is 38.1 Å². The van der Waals surface area contributed by atoms with Gasteiger partial charge in [0.05, 0.1) is 28.4 Å². The molecule has 2 aromatic rings. The maximum atomic E-state index is 13.1. The third-order valence-corrected chi connectivity index (χ3v) is 5.50. The lowest BCUT2D eigenvalue weighted by atomic mass is 10.00. The van der Waals surface area contributed by atoms with Gasteiger partial charge in [-0.15, -0.1) is 0 Å². The van der Waals surface area contributed by atoms with Crippen LogP contribution in [0.1, 0.15) is 30.9 Å². The molecule has 190 valence electrons. The van der Waals surface area contributed by atoms with E-state index in [0.717, 1.165) is 0 Å². The SMILES string of the molecule is COc1cc(/C=C/C(=O)N2CCC/C(=C\c3cc(OC)c(OC)c(OC)c3)C2=O)ccc1OC(C)=O. The molecule has 36 heavy (non-hydrogen) atoms. The molecule has 1 aliphatic rings. The molecule has 9 heteroatoms. The first-order valence-electron chi connectivity index (χ1n) is 11.2. The Hall–Kier alpha value is -4.27. The number of amides is 2. The van der Waals surface area contributed by atoms with Crippen LogP contribution in [0.5, 0.6) is 28.7 Å². The number of hydrogen-bond acceptors (Lipinski definition) is 8. The Balaban J connectivity index is 1.80. The highest BCUT2D eigenvalue weighted by Gasteiger charge is 2.27. The van der Waals surface area contributed by atoms with Crippen molar-refractivity contribution in [1.29, 1.82) is 0 Å². The van der Waals surface area contributed by atoms with Gasteiger partial charge < -0.3 is 23.7 Å². The van der Waals surface area contributed by atoms with Crippen molar-refractivity contribution >= 4 is 29.9 Å². The summed E-state index contributed by atoms with van der Waals surface area (Å²) in [7, 11) is 6.01. The minimum Gasteiger partial charge on any atom is -0.493 e. The van der Waals surface area contributed by atoms with Gasteiger partial charge in [0, 0.05) is 25.1 Å².